The normalized spacial score (nSPS) is 23.8. The summed E-state index contributed by atoms with van der Waals surface area (Å²) in [6, 6.07) is 2.12. The molecule has 2 aliphatic heterocycles. The molecule has 1 aliphatic carbocycles. The largest absolute Gasteiger partial charge is 0.354 e. The van der Waals surface area contributed by atoms with Crippen molar-refractivity contribution in [3.8, 4) is 0 Å². The highest BCUT2D eigenvalue weighted by Crippen LogP contribution is 2.28. The van der Waals surface area contributed by atoms with Crippen molar-refractivity contribution in [2.24, 2.45) is 0 Å². The third-order valence-electron chi connectivity index (χ3n) is 6.15. The van der Waals surface area contributed by atoms with Gasteiger partial charge in [0.2, 0.25) is 0 Å². The van der Waals surface area contributed by atoms with E-state index in [0.29, 0.717) is 5.82 Å². The lowest BCUT2D eigenvalue weighted by Crippen LogP contribution is -2.50. The fraction of sp³-hybridized carbons (Fsp3) is 0.737. The lowest BCUT2D eigenvalue weighted by molar-refractivity contribution is -0.0461. The fourth-order valence-electron chi connectivity index (χ4n) is 4.40. The number of amides is 2. The van der Waals surface area contributed by atoms with Gasteiger partial charge >= 0.3 is 6.03 Å². The van der Waals surface area contributed by atoms with Crippen molar-refractivity contribution >= 4 is 17.7 Å². The quantitative estimate of drug-likeness (QED) is 0.854. The fourth-order valence-corrected chi connectivity index (χ4v) is 4.40. The standard InChI is InChI=1S/C19H28F2N6O/c20-19(21)5-7-27(8-6-19)18(28)24-16-13-17(23-14-22-16)26-11-9-25(10-12-26)15-3-1-2-4-15/h13-15H,1-12H2,(H,22,23,24,28). The van der Waals surface area contributed by atoms with Gasteiger partial charge in [-0.1, -0.05) is 12.8 Å². The summed E-state index contributed by atoms with van der Waals surface area (Å²) < 4.78 is 26.5. The molecule has 2 saturated heterocycles. The Hall–Kier alpha value is -2.03. The van der Waals surface area contributed by atoms with E-state index >= 15 is 0 Å². The van der Waals surface area contributed by atoms with E-state index in [9.17, 15) is 13.6 Å². The van der Waals surface area contributed by atoms with Gasteiger partial charge in [0, 0.05) is 64.2 Å². The summed E-state index contributed by atoms with van der Waals surface area (Å²) in [4.78, 5) is 27.0. The topological polar surface area (TPSA) is 64.6 Å². The number of anilines is 2. The molecule has 0 aromatic carbocycles. The van der Waals surface area contributed by atoms with Crippen LogP contribution in [0.5, 0.6) is 0 Å². The smallest absolute Gasteiger partial charge is 0.323 e. The van der Waals surface area contributed by atoms with Crippen LogP contribution in [-0.2, 0) is 0 Å². The first kappa shape index (κ1) is 19.3. The number of urea groups is 1. The van der Waals surface area contributed by atoms with Crippen molar-refractivity contribution in [1.82, 2.24) is 19.8 Å². The van der Waals surface area contributed by atoms with Crippen molar-refractivity contribution in [1.29, 1.82) is 0 Å². The maximum absolute atomic E-state index is 13.3. The lowest BCUT2D eigenvalue weighted by Gasteiger charge is -2.38. The van der Waals surface area contributed by atoms with Gasteiger partial charge in [0.1, 0.15) is 18.0 Å². The molecule has 1 aromatic rings. The number of alkyl halides is 2. The number of carbonyl (C=O) groups is 1. The first-order valence-corrected chi connectivity index (χ1v) is 10.2. The van der Waals surface area contributed by atoms with E-state index in [1.807, 2.05) is 0 Å². The number of nitrogens with zero attached hydrogens (tertiary/aromatic N) is 5. The van der Waals surface area contributed by atoms with Gasteiger partial charge in [0.05, 0.1) is 0 Å². The van der Waals surface area contributed by atoms with Crippen LogP contribution in [0, 0.1) is 0 Å². The predicted octanol–water partition coefficient (Wildman–Crippen LogP) is 2.80. The highest BCUT2D eigenvalue weighted by atomic mass is 19.3. The number of carbonyl (C=O) groups excluding carboxylic acids is 1. The molecular formula is C19H28F2N6O. The summed E-state index contributed by atoms with van der Waals surface area (Å²) >= 11 is 0. The predicted molar refractivity (Wildman–Crippen MR) is 103 cm³/mol. The molecule has 154 valence electrons. The maximum atomic E-state index is 13.3. The first-order valence-electron chi connectivity index (χ1n) is 10.2. The molecule has 28 heavy (non-hydrogen) atoms. The SMILES string of the molecule is O=C(Nc1cc(N2CCN(C3CCCC3)CC2)ncn1)N1CCC(F)(F)CC1. The van der Waals surface area contributed by atoms with E-state index in [-0.39, 0.29) is 32.0 Å². The van der Waals surface area contributed by atoms with E-state index in [1.54, 1.807) is 6.07 Å². The number of piperazine rings is 1. The van der Waals surface area contributed by atoms with Gasteiger partial charge in [0.25, 0.3) is 5.92 Å². The van der Waals surface area contributed by atoms with E-state index in [1.165, 1.54) is 36.9 Å². The molecule has 0 radical (unpaired) electrons. The minimum atomic E-state index is -2.67. The van der Waals surface area contributed by atoms with Gasteiger partial charge in [-0.2, -0.15) is 0 Å². The number of piperidine rings is 1. The van der Waals surface area contributed by atoms with E-state index in [0.717, 1.165) is 38.0 Å². The minimum Gasteiger partial charge on any atom is -0.354 e. The van der Waals surface area contributed by atoms with E-state index in [4.69, 9.17) is 0 Å². The monoisotopic (exact) mass is 394 g/mol. The number of halogens is 2. The van der Waals surface area contributed by atoms with Crippen molar-refractivity contribution in [2.45, 2.75) is 50.5 Å². The van der Waals surface area contributed by atoms with Crippen LogP contribution in [-0.4, -0.2) is 77.0 Å². The van der Waals surface area contributed by atoms with Gasteiger partial charge < -0.3 is 9.80 Å². The highest BCUT2D eigenvalue weighted by Gasteiger charge is 2.35. The van der Waals surface area contributed by atoms with Crippen LogP contribution in [0.4, 0.5) is 25.2 Å². The summed E-state index contributed by atoms with van der Waals surface area (Å²) in [5.74, 6) is -1.47. The second kappa shape index (κ2) is 8.14. The van der Waals surface area contributed by atoms with Crippen molar-refractivity contribution < 1.29 is 13.6 Å². The number of rotatable bonds is 3. The average molecular weight is 394 g/mol. The number of nitrogens with one attached hydrogen (secondary N) is 1. The van der Waals surface area contributed by atoms with Crippen LogP contribution in [0.3, 0.4) is 0 Å². The number of hydrogen-bond donors (Lipinski definition) is 1. The van der Waals surface area contributed by atoms with Crippen molar-refractivity contribution in [3.63, 3.8) is 0 Å². The third kappa shape index (κ3) is 4.51. The number of likely N-dealkylation sites (tertiary alicyclic amines) is 1. The van der Waals surface area contributed by atoms with E-state index < -0.39 is 5.92 Å². The number of hydrogen-bond acceptors (Lipinski definition) is 5. The Balaban J connectivity index is 1.31. The molecule has 0 bridgehead atoms. The molecule has 2 amide bonds. The second-order valence-corrected chi connectivity index (χ2v) is 8.00. The molecule has 3 fully saturated rings. The average Bonchev–Trinajstić information content (AvgIpc) is 3.23. The Kier molecular flexibility index (Phi) is 5.61. The molecule has 1 saturated carbocycles. The zero-order valence-electron chi connectivity index (χ0n) is 16.1. The zero-order valence-corrected chi connectivity index (χ0v) is 16.1. The molecule has 9 heteroatoms. The number of aromatic nitrogens is 2. The third-order valence-corrected chi connectivity index (χ3v) is 6.15. The van der Waals surface area contributed by atoms with Gasteiger partial charge in [-0.3, -0.25) is 10.2 Å². The highest BCUT2D eigenvalue weighted by molar-refractivity contribution is 5.88. The van der Waals surface area contributed by atoms with Gasteiger partial charge in [-0.05, 0) is 12.8 Å². The molecule has 3 aliphatic rings. The van der Waals surface area contributed by atoms with Crippen LogP contribution in [0.25, 0.3) is 0 Å². The van der Waals surface area contributed by atoms with Crippen LogP contribution in [0.15, 0.2) is 12.4 Å². The van der Waals surface area contributed by atoms with Gasteiger partial charge in [0.15, 0.2) is 0 Å². The first-order chi connectivity index (χ1) is 13.5. The Labute approximate surface area is 164 Å². The second-order valence-electron chi connectivity index (χ2n) is 8.00. The summed E-state index contributed by atoms with van der Waals surface area (Å²) in [6.07, 6.45) is 6.17. The van der Waals surface area contributed by atoms with Crippen LogP contribution < -0.4 is 10.2 Å². The maximum Gasteiger partial charge on any atom is 0.323 e. The Morgan fingerprint density at radius 2 is 1.71 bits per heavy atom. The molecule has 1 aromatic heterocycles. The van der Waals surface area contributed by atoms with Crippen molar-refractivity contribution in [3.05, 3.63) is 12.4 Å². The van der Waals surface area contributed by atoms with Crippen LogP contribution in [0.1, 0.15) is 38.5 Å². The zero-order chi connectivity index (χ0) is 19.6. The molecule has 0 unspecified atom stereocenters. The molecule has 1 N–H and O–H groups in total. The van der Waals surface area contributed by atoms with Gasteiger partial charge in [-0.25, -0.2) is 23.5 Å². The molecule has 0 spiro atoms. The van der Waals surface area contributed by atoms with Crippen molar-refractivity contribution in [2.75, 3.05) is 49.5 Å². The van der Waals surface area contributed by atoms with Gasteiger partial charge in [-0.15, -0.1) is 0 Å². The lowest BCUT2D eigenvalue weighted by atomic mass is 10.1. The summed E-state index contributed by atoms with van der Waals surface area (Å²) in [5, 5.41) is 2.73. The summed E-state index contributed by atoms with van der Waals surface area (Å²) in [5.41, 5.74) is 0. The molecular weight excluding hydrogens is 366 g/mol. The Morgan fingerprint density at radius 1 is 1.04 bits per heavy atom. The molecule has 4 rings (SSSR count). The molecule has 7 nitrogen and oxygen atoms in total. The summed E-state index contributed by atoms with van der Waals surface area (Å²) in [6.45, 7) is 3.97. The Morgan fingerprint density at radius 3 is 2.39 bits per heavy atom. The molecule has 3 heterocycles. The summed E-state index contributed by atoms with van der Waals surface area (Å²) in [7, 11) is 0. The molecule has 0 atom stereocenters. The van der Waals surface area contributed by atoms with E-state index in [2.05, 4.69) is 25.1 Å². The Bertz CT molecular complexity index is 679. The minimum absolute atomic E-state index is 0.0555. The van der Waals surface area contributed by atoms with Crippen LogP contribution in [0.2, 0.25) is 0 Å². The van der Waals surface area contributed by atoms with Crippen LogP contribution >= 0.6 is 0 Å².